The number of benzene rings is 1. The fourth-order valence-corrected chi connectivity index (χ4v) is 2.21. The molecule has 3 nitrogen and oxygen atoms in total. The van der Waals surface area contributed by atoms with Crippen LogP contribution < -0.4 is 5.32 Å². The first kappa shape index (κ1) is 14.0. The lowest BCUT2D eigenvalue weighted by atomic mass is 10.2. The number of rotatable bonds is 5. The molecule has 0 radical (unpaired) electrons. The van der Waals surface area contributed by atoms with E-state index in [1.165, 1.54) is 11.8 Å². The van der Waals surface area contributed by atoms with Crippen LogP contribution in [0.25, 0.3) is 0 Å². The molecule has 0 saturated heterocycles. The van der Waals surface area contributed by atoms with Crippen LogP contribution in [0.5, 0.6) is 0 Å². The lowest BCUT2D eigenvalue weighted by molar-refractivity contribution is 0.574. The van der Waals surface area contributed by atoms with Crippen molar-refractivity contribution in [3.63, 3.8) is 0 Å². The average Bonchev–Trinajstić information content (AvgIpc) is 2.40. The van der Waals surface area contributed by atoms with E-state index in [9.17, 15) is 4.39 Å². The number of halogens is 1. The van der Waals surface area contributed by atoms with E-state index < -0.39 is 0 Å². The first-order chi connectivity index (χ1) is 9.15. The Hall–Kier alpha value is -1.46. The first-order valence-corrected chi connectivity index (χ1v) is 6.93. The summed E-state index contributed by atoms with van der Waals surface area (Å²) < 4.78 is 14.0. The molecule has 1 heterocycles. The summed E-state index contributed by atoms with van der Waals surface area (Å²) in [6, 6.07) is 7.37. The highest BCUT2D eigenvalue weighted by molar-refractivity contribution is 7.99. The molecule has 19 heavy (non-hydrogen) atoms. The van der Waals surface area contributed by atoms with E-state index in [1.54, 1.807) is 30.6 Å². The minimum Gasteiger partial charge on any atom is -0.310 e. The van der Waals surface area contributed by atoms with Gasteiger partial charge in [0.15, 0.2) is 5.16 Å². The van der Waals surface area contributed by atoms with Crippen LogP contribution >= 0.6 is 11.8 Å². The number of nitrogens with zero attached hydrogens (tertiary/aromatic N) is 2. The van der Waals surface area contributed by atoms with Gasteiger partial charge in [0.05, 0.1) is 4.90 Å². The summed E-state index contributed by atoms with van der Waals surface area (Å²) in [5, 5.41) is 3.81. The highest BCUT2D eigenvalue weighted by Gasteiger charge is 2.07. The van der Waals surface area contributed by atoms with Crippen LogP contribution in [0.1, 0.15) is 19.4 Å². The van der Waals surface area contributed by atoms with Gasteiger partial charge in [-0.2, -0.15) is 0 Å². The van der Waals surface area contributed by atoms with Crippen molar-refractivity contribution in [2.24, 2.45) is 0 Å². The maximum atomic E-state index is 14.0. The molecule has 5 heteroatoms. The van der Waals surface area contributed by atoms with Crippen molar-refractivity contribution < 1.29 is 4.39 Å². The fraction of sp³-hybridized carbons (Fsp3) is 0.286. The topological polar surface area (TPSA) is 37.8 Å². The zero-order chi connectivity index (χ0) is 13.7. The Bertz CT molecular complexity index is 531. The van der Waals surface area contributed by atoms with Gasteiger partial charge in [-0.1, -0.05) is 19.9 Å². The van der Waals surface area contributed by atoms with Crippen molar-refractivity contribution in [3.05, 3.63) is 48.0 Å². The van der Waals surface area contributed by atoms with Gasteiger partial charge in [-0.05, 0) is 35.5 Å². The van der Waals surface area contributed by atoms with Crippen LogP contribution in [-0.4, -0.2) is 16.0 Å². The smallest absolute Gasteiger partial charge is 0.192 e. The molecule has 0 unspecified atom stereocenters. The van der Waals surface area contributed by atoms with Gasteiger partial charge in [0.25, 0.3) is 0 Å². The monoisotopic (exact) mass is 277 g/mol. The highest BCUT2D eigenvalue weighted by Crippen LogP contribution is 2.27. The third kappa shape index (κ3) is 4.29. The minimum absolute atomic E-state index is 0.236. The molecule has 1 aromatic heterocycles. The summed E-state index contributed by atoms with van der Waals surface area (Å²) in [4.78, 5) is 8.68. The Morgan fingerprint density at radius 1 is 1.26 bits per heavy atom. The Morgan fingerprint density at radius 2 is 2.00 bits per heavy atom. The van der Waals surface area contributed by atoms with Crippen molar-refractivity contribution >= 4 is 11.8 Å². The van der Waals surface area contributed by atoms with E-state index in [4.69, 9.17) is 0 Å². The maximum Gasteiger partial charge on any atom is 0.192 e. The van der Waals surface area contributed by atoms with Crippen molar-refractivity contribution in [2.75, 3.05) is 0 Å². The van der Waals surface area contributed by atoms with Gasteiger partial charge in [-0.15, -0.1) is 0 Å². The molecule has 1 N–H and O–H groups in total. The molecule has 0 fully saturated rings. The van der Waals surface area contributed by atoms with Crippen LogP contribution in [0.4, 0.5) is 4.39 Å². The predicted octanol–water partition coefficient (Wildman–Crippen LogP) is 3.26. The summed E-state index contributed by atoms with van der Waals surface area (Å²) in [6.07, 6.45) is 3.29. The van der Waals surface area contributed by atoms with Gasteiger partial charge < -0.3 is 5.32 Å². The Balaban J connectivity index is 2.07. The van der Waals surface area contributed by atoms with E-state index in [0.717, 1.165) is 5.56 Å². The molecular weight excluding hydrogens is 261 g/mol. The Kier molecular flexibility index (Phi) is 4.87. The lowest BCUT2D eigenvalue weighted by Crippen LogP contribution is -2.21. The molecule has 2 aromatic rings. The van der Waals surface area contributed by atoms with Crippen molar-refractivity contribution in [1.82, 2.24) is 15.3 Å². The van der Waals surface area contributed by atoms with Gasteiger partial charge in [0, 0.05) is 25.0 Å². The standard InChI is InChI=1S/C14H16FN3S/c1-10(2)18-9-11-4-5-13(12(15)8-11)19-14-16-6-3-7-17-14/h3-8,10,18H,9H2,1-2H3. The zero-order valence-electron chi connectivity index (χ0n) is 10.9. The molecule has 100 valence electrons. The molecular formula is C14H16FN3S. The predicted molar refractivity (Wildman–Crippen MR) is 74.5 cm³/mol. The van der Waals surface area contributed by atoms with Crippen molar-refractivity contribution in [3.8, 4) is 0 Å². The normalized spacial score (nSPS) is 10.9. The van der Waals surface area contributed by atoms with Crippen LogP contribution in [0.15, 0.2) is 46.7 Å². The van der Waals surface area contributed by atoms with E-state index in [2.05, 4.69) is 29.1 Å². The minimum atomic E-state index is -0.236. The third-order valence-electron chi connectivity index (χ3n) is 2.45. The molecule has 0 aliphatic heterocycles. The van der Waals surface area contributed by atoms with E-state index in [1.807, 2.05) is 6.07 Å². The van der Waals surface area contributed by atoms with Crippen molar-refractivity contribution in [1.29, 1.82) is 0 Å². The largest absolute Gasteiger partial charge is 0.310 e. The lowest BCUT2D eigenvalue weighted by Gasteiger charge is -2.09. The first-order valence-electron chi connectivity index (χ1n) is 6.12. The maximum absolute atomic E-state index is 14.0. The van der Waals surface area contributed by atoms with E-state index in [-0.39, 0.29) is 5.82 Å². The molecule has 0 saturated carbocycles. The molecule has 1 aromatic carbocycles. The number of hydrogen-bond acceptors (Lipinski definition) is 4. The molecule has 0 amide bonds. The molecule has 0 spiro atoms. The van der Waals surface area contributed by atoms with Crippen LogP contribution in [0.3, 0.4) is 0 Å². The van der Waals surface area contributed by atoms with Gasteiger partial charge in [0.1, 0.15) is 5.82 Å². The molecule has 0 aliphatic rings. The van der Waals surface area contributed by atoms with Gasteiger partial charge in [-0.25, -0.2) is 14.4 Å². The second-order valence-corrected chi connectivity index (χ2v) is 5.44. The fourth-order valence-electron chi connectivity index (χ4n) is 1.50. The summed E-state index contributed by atoms with van der Waals surface area (Å²) in [6.45, 7) is 4.79. The second kappa shape index (κ2) is 6.63. The van der Waals surface area contributed by atoms with E-state index in [0.29, 0.717) is 22.6 Å². The van der Waals surface area contributed by atoms with Crippen LogP contribution in [0, 0.1) is 5.82 Å². The van der Waals surface area contributed by atoms with E-state index >= 15 is 0 Å². The summed E-state index contributed by atoms with van der Waals surface area (Å²) in [5.74, 6) is -0.236. The summed E-state index contributed by atoms with van der Waals surface area (Å²) in [5.41, 5.74) is 0.935. The molecule has 0 bridgehead atoms. The molecule has 0 atom stereocenters. The Morgan fingerprint density at radius 3 is 2.63 bits per heavy atom. The number of nitrogens with one attached hydrogen (secondary N) is 1. The van der Waals surface area contributed by atoms with Gasteiger partial charge in [-0.3, -0.25) is 0 Å². The molecule has 2 rings (SSSR count). The zero-order valence-corrected chi connectivity index (χ0v) is 11.7. The van der Waals surface area contributed by atoms with Crippen LogP contribution in [0.2, 0.25) is 0 Å². The highest BCUT2D eigenvalue weighted by atomic mass is 32.2. The summed E-state index contributed by atoms with van der Waals surface area (Å²) >= 11 is 1.23. The SMILES string of the molecule is CC(C)NCc1ccc(Sc2ncccn2)c(F)c1. The van der Waals surface area contributed by atoms with Gasteiger partial charge in [0.2, 0.25) is 0 Å². The van der Waals surface area contributed by atoms with Gasteiger partial charge >= 0.3 is 0 Å². The third-order valence-corrected chi connectivity index (χ3v) is 3.40. The molecule has 0 aliphatic carbocycles. The second-order valence-electron chi connectivity index (χ2n) is 4.43. The number of hydrogen-bond donors (Lipinski definition) is 1. The van der Waals surface area contributed by atoms with Crippen molar-refractivity contribution in [2.45, 2.75) is 36.5 Å². The quantitative estimate of drug-likeness (QED) is 0.851. The van der Waals surface area contributed by atoms with Crippen LogP contribution in [-0.2, 0) is 6.54 Å². The Labute approximate surface area is 116 Å². The summed E-state index contributed by atoms with van der Waals surface area (Å²) in [7, 11) is 0. The number of aromatic nitrogens is 2. The average molecular weight is 277 g/mol.